The molecule has 0 heterocycles. The van der Waals surface area contributed by atoms with E-state index in [1.165, 1.54) is 24.8 Å². The molecule has 1 nitrogen and oxygen atoms in total. The predicted molar refractivity (Wildman–Crippen MR) is 62.3 cm³/mol. The van der Waals surface area contributed by atoms with Crippen molar-refractivity contribution in [3.63, 3.8) is 0 Å². The maximum atomic E-state index is 6.01. The van der Waals surface area contributed by atoms with E-state index in [1.807, 2.05) is 0 Å². The fourth-order valence-electron chi connectivity index (χ4n) is 1.61. The lowest BCUT2D eigenvalue weighted by Gasteiger charge is -2.10. The summed E-state index contributed by atoms with van der Waals surface area (Å²) in [4.78, 5) is 0. The van der Waals surface area contributed by atoms with Crippen molar-refractivity contribution in [2.45, 2.75) is 45.1 Å². The molecule has 1 unspecified atom stereocenters. The number of benzene rings is 1. The second-order valence-electron chi connectivity index (χ2n) is 3.93. The molecule has 1 atom stereocenters. The van der Waals surface area contributed by atoms with Gasteiger partial charge in [-0.2, -0.15) is 0 Å². The van der Waals surface area contributed by atoms with E-state index in [1.54, 1.807) is 0 Å². The molecule has 0 aliphatic heterocycles. The SMILES string of the molecule is CCCCC(N)CCc1ccccc1. The molecule has 0 saturated carbocycles. The molecule has 14 heavy (non-hydrogen) atoms. The summed E-state index contributed by atoms with van der Waals surface area (Å²) < 4.78 is 0. The van der Waals surface area contributed by atoms with Crippen molar-refractivity contribution >= 4 is 0 Å². The van der Waals surface area contributed by atoms with Gasteiger partial charge in [0.25, 0.3) is 0 Å². The van der Waals surface area contributed by atoms with Gasteiger partial charge in [0.2, 0.25) is 0 Å². The Morgan fingerprint density at radius 2 is 1.86 bits per heavy atom. The van der Waals surface area contributed by atoms with Crippen LogP contribution in [0.4, 0.5) is 0 Å². The molecule has 78 valence electrons. The zero-order valence-electron chi connectivity index (χ0n) is 9.08. The van der Waals surface area contributed by atoms with Gasteiger partial charge >= 0.3 is 0 Å². The summed E-state index contributed by atoms with van der Waals surface area (Å²) in [5.41, 5.74) is 7.41. The van der Waals surface area contributed by atoms with Gasteiger partial charge < -0.3 is 5.73 Å². The van der Waals surface area contributed by atoms with Crippen molar-refractivity contribution in [3.8, 4) is 0 Å². The zero-order chi connectivity index (χ0) is 10.2. The molecule has 1 aromatic rings. The topological polar surface area (TPSA) is 26.0 Å². The predicted octanol–water partition coefficient (Wildman–Crippen LogP) is 3.14. The van der Waals surface area contributed by atoms with Crippen LogP contribution in [0.3, 0.4) is 0 Å². The van der Waals surface area contributed by atoms with E-state index in [4.69, 9.17) is 5.73 Å². The average Bonchev–Trinajstić information content (AvgIpc) is 2.25. The Morgan fingerprint density at radius 3 is 2.50 bits per heavy atom. The highest BCUT2D eigenvalue weighted by Gasteiger charge is 2.01. The van der Waals surface area contributed by atoms with Crippen molar-refractivity contribution in [2.75, 3.05) is 0 Å². The molecule has 0 aliphatic carbocycles. The van der Waals surface area contributed by atoms with E-state index >= 15 is 0 Å². The second-order valence-corrected chi connectivity index (χ2v) is 3.93. The highest BCUT2D eigenvalue weighted by molar-refractivity contribution is 5.14. The van der Waals surface area contributed by atoms with Gasteiger partial charge in [-0.25, -0.2) is 0 Å². The summed E-state index contributed by atoms with van der Waals surface area (Å²) in [6, 6.07) is 11.0. The lowest BCUT2D eigenvalue weighted by molar-refractivity contribution is 0.541. The molecule has 0 aromatic heterocycles. The van der Waals surface area contributed by atoms with E-state index < -0.39 is 0 Å². The Kier molecular flexibility index (Phi) is 5.31. The minimum Gasteiger partial charge on any atom is -0.328 e. The largest absolute Gasteiger partial charge is 0.328 e. The molecule has 1 rings (SSSR count). The van der Waals surface area contributed by atoms with Crippen LogP contribution in [0.5, 0.6) is 0 Å². The van der Waals surface area contributed by atoms with Crippen LogP contribution in [0, 0.1) is 0 Å². The quantitative estimate of drug-likeness (QED) is 0.734. The molecule has 1 heteroatoms. The number of hydrogen-bond donors (Lipinski definition) is 1. The molecular formula is C13H21N. The molecule has 0 aliphatic rings. The van der Waals surface area contributed by atoms with E-state index in [2.05, 4.69) is 37.3 Å². The van der Waals surface area contributed by atoms with Crippen molar-refractivity contribution in [2.24, 2.45) is 5.73 Å². The van der Waals surface area contributed by atoms with Gasteiger partial charge in [0.05, 0.1) is 0 Å². The maximum absolute atomic E-state index is 6.01. The van der Waals surface area contributed by atoms with Crippen molar-refractivity contribution in [1.82, 2.24) is 0 Å². The van der Waals surface area contributed by atoms with Gasteiger partial charge in [-0.15, -0.1) is 0 Å². The smallest absolute Gasteiger partial charge is 0.00419 e. The summed E-state index contributed by atoms with van der Waals surface area (Å²) >= 11 is 0. The molecule has 0 spiro atoms. The summed E-state index contributed by atoms with van der Waals surface area (Å²) in [5.74, 6) is 0. The van der Waals surface area contributed by atoms with Crippen molar-refractivity contribution in [1.29, 1.82) is 0 Å². The fraction of sp³-hybridized carbons (Fsp3) is 0.538. The van der Waals surface area contributed by atoms with Gasteiger partial charge in [-0.1, -0.05) is 50.1 Å². The standard InChI is InChI=1S/C13H21N/c1-2-3-9-13(14)11-10-12-7-5-4-6-8-12/h4-8,13H,2-3,9-11,14H2,1H3. The monoisotopic (exact) mass is 191 g/mol. The first-order valence-corrected chi connectivity index (χ1v) is 5.62. The molecule has 0 radical (unpaired) electrons. The fourth-order valence-corrected chi connectivity index (χ4v) is 1.61. The van der Waals surface area contributed by atoms with Gasteiger partial charge in [0.1, 0.15) is 0 Å². The Balaban J connectivity index is 2.20. The summed E-state index contributed by atoms with van der Waals surface area (Å²) in [5, 5.41) is 0. The first-order chi connectivity index (χ1) is 6.83. The van der Waals surface area contributed by atoms with Crippen molar-refractivity contribution in [3.05, 3.63) is 35.9 Å². The Morgan fingerprint density at radius 1 is 1.14 bits per heavy atom. The van der Waals surface area contributed by atoms with E-state index in [-0.39, 0.29) is 0 Å². The highest BCUT2D eigenvalue weighted by atomic mass is 14.6. The third-order valence-corrected chi connectivity index (χ3v) is 2.58. The van der Waals surface area contributed by atoms with Gasteiger partial charge in [0, 0.05) is 6.04 Å². The van der Waals surface area contributed by atoms with Crippen LogP contribution in [-0.4, -0.2) is 6.04 Å². The van der Waals surface area contributed by atoms with E-state index in [9.17, 15) is 0 Å². The molecule has 0 bridgehead atoms. The molecular weight excluding hydrogens is 170 g/mol. The summed E-state index contributed by atoms with van der Waals surface area (Å²) in [6.45, 7) is 2.21. The Hall–Kier alpha value is -0.820. The third kappa shape index (κ3) is 4.43. The number of hydrogen-bond acceptors (Lipinski definition) is 1. The number of unbranched alkanes of at least 4 members (excludes halogenated alkanes) is 1. The average molecular weight is 191 g/mol. The van der Waals surface area contributed by atoms with Gasteiger partial charge in [-0.3, -0.25) is 0 Å². The first-order valence-electron chi connectivity index (χ1n) is 5.62. The molecule has 0 saturated heterocycles. The van der Waals surface area contributed by atoms with Crippen LogP contribution >= 0.6 is 0 Å². The Labute approximate surface area is 87.3 Å². The van der Waals surface area contributed by atoms with Crippen molar-refractivity contribution < 1.29 is 0 Å². The summed E-state index contributed by atoms with van der Waals surface area (Å²) in [7, 11) is 0. The molecule has 1 aromatic carbocycles. The number of rotatable bonds is 6. The third-order valence-electron chi connectivity index (χ3n) is 2.58. The number of aryl methyl sites for hydroxylation is 1. The molecule has 0 fully saturated rings. The lowest BCUT2D eigenvalue weighted by atomic mass is 10.0. The van der Waals surface area contributed by atoms with Crippen LogP contribution < -0.4 is 5.73 Å². The van der Waals surface area contributed by atoms with Crippen LogP contribution in [0.2, 0.25) is 0 Å². The minimum atomic E-state index is 0.384. The van der Waals surface area contributed by atoms with Gasteiger partial charge in [-0.05, 0) is 24.8 Å². The molecule has 0 amide bonds. The first kappa shape index (κ1) is 11.3. The lowest BCUT2D eigenvalue weighted by Crippen LogP contribution is -2.20. The second kappa shape index (κ2) is 6.61. The summed E-state index contributed by atoms with van der Waals surface area (Å²) in [6.07, 6.45) is 5.91. The zero-order valence-corrected chi connectivity index (χ0v) is 9.08. The van der Waals surface area contributed by atoms with Crippen LogP contribution in [0.25, 0.3) is 0 Å². The van der Waals surface area contributed by atoms with Crippen LogP contribution in [-0.2, 0) is 6.42 Å². The van der Waals surface area contributed by atoms with Crippen LogP contribution in [0.15, 0.2) is 30.3 Å². The highest BCUT2D eigenvalue weighted by Crippen LogP contribution is 2.07. The van der Waals surface area contributed by atoms with E-state index in [0.29, 0.717) is 6.04 Å². The normalized spacial score (nSPS) is 12.7. The van der Waals surface area contributed by atoms with Crippen LogP contribution in [0.1, 0.15) is 38.2 Å². The molecule has 2 N–H and O–H groups in total. The van der Waals surface area contributed by atoms with Gasteiger partial charge in [0.15, 0.2) is 0 Å². The minimum absolute atomic E-state index is 0.384. The number of nitrogens with two attached hydrogens (primary N) is 1. The Bertz CT molecular complexity index is 230. The maximum Gasteiger partial charge on any atom is 0.00419 e. The van der Waals surface area contributed by atoms with E-state index in [0.717, 1.165) is 12.8 Å².